The smallest absolute Gasteiger partial charge is 0.142 e. The highest BCUT2D eigenvalue weighted by Gasteiger charge is 2.05. The third kappa shape index (κ3) is 3.19. The lowest BCUT2D eigenvalue weighted by atomic mass is 10.1. The summed E-state index contributed by atoms with van der Waals surface area (Å²) in [5.41, 5.74) is 3.28. The van der Waals surface area contributed by atoms with E-state index in [1.165, 1.54) is 5.56 Å². The summed E-state index contributed by atoms with van der Waals surface area (Å²) in [7, 11) is 3.37. The maximum Gasteiger partial charge on any atom is 0.142 e. The zero-order valence-electron chi connectivity index (χ0n) is 11.6. The van der Waals surface area contributed by atoms with Crippen LogP contribution in [0, 0.1) is 6.92 Å². The summed E-state index contributed by atoms with van der Waals surface area (Å²) in [6.07, 6.45) is 0. The number of ether oxygens (including phenoxy) is 2. The van der Waals surface area contributed by atoms with E-state index >= 15 is 0 Å². The van der Waals surface area contributed by atoms with Gasteiger partial charge in [-0.1, -0.05) is 24.3 Å². The van der Waals surface area contributed by atoms with Crippen LogP contribution >= 0.6 is 0 Å². The molecule has 19 heavy (non-hydrogen) atoms. The topological polar surface area (TPSA) is 30.5 Å². The minimum absolute atomic E-state index is 0.698. The summed E-state index contributed by atoms with van der Waals surface area (Å²) in [5, 5.41) is 3.38. The number of methoxy groups -OCH3 is 2. The summed E-state index contributed by atoms with van der Waals surface area (Å²) in [6.45, 7) is 2.75. The molecule has 2 aromatic carbocycles. The lowest BCUT2D eigenvalue weighted by Gasteiger charge is -2.13. The van der Waals surface area contributed by atoms with Crippen molar-refractivity contribution < 1.29 is 9.47 Å². The molecule has 0 spiro atoms. The van der Waals surface area contributed by atoms with Crippen molar-refractivity contribution in [2.75, 3.05) is 19.5 Å². The molecule has 0 amide bonds. The number of hydrogen-bond donors (Lipinski definition) is 1. The van der Waals surface area contributed by atoms with Crippen LogP contribution < -0.4 is 14.8 Å². The van der Waals surface area contributed by atoms with Crippen LogP contribution in [0.15, 0.2) is 42.5 Å². The van der Waals surface area contributed by atoms with Crippen molar-refractivity contribution in [3.63, 3.8) is 0 Å². The zero-order valence-corrected chi connectivity index (χ0v) is 11.6. The van der Waals surface area contributed by atoms with Crippen molar-refractivity contribution in [1.82, 2.24) is 0 Å². The van der Waals surface area contributed by atoms with E-state index in [2.05, 4.69) is 11.4 Å². The summed E-state index contributed by atoms with van der Waals surface area (Å²) in [6, 6.07) is 14.1. The van der Waals surface area contributed by atoms with Crippen molar-refractivity contribution in [3.05, 3.63) is 53.6 Å². The maximum absolute atomic E-state index is 5.38. The van der Waals surface area contributed by atoms with Gasteiger partial charge in [0.25, 0.3) is 0 Å². The first-order valence-electron chi connectivity index (χ1n) is 6.25. The predicted molar refractivity (Wildman–Crippen MR) is 78.1 cm³/mol. The number of anilines is 1. The van der Waals surface area contributed by atoms with E-state index in [0.717, 1.165) is 22.7 Å². The zero-order chi connectivity index (χ0) is 13.7. The van der Waals surface area contributed by atoms with Crippen molar-refractivity contribution in [2.24, 2.45) is 0 Å². The Bertz CT molecular complexity index is 552. The van der Waals surface area contributed by atoms with Gasteiger partial charge in [0, 0.05) is 12.1 Å². The van der Waals surface area contributed by atoms with Gasteiger partial charge in [-0.2, -0.15) is 0 Å². The number of rotatable bonds is 5. The summed E-state index contributed by atoms with van der Waals surface area (Å²) < 4.78 is 10.7. The second-order valence-electron chi connectivity index (χ2n) is 4.37. The van der Waals surface area contributed by atoms with Gasteiger partial charge in [-0.15, -0.1) is 0 Å². The van der Waals surface area contributed by atoms with E-state index in [9.17, 15) is 0 Å². The molecule has 100 valence electrons. The number of aryl methyl sites for hydroxylation is 1. The SMILES string of the molecule is COc1ccccc1CNc1ccc(C)cc1OC. The highest BCUT2D eigenvalue weighted by Crippen LogP contribution is 2.27. The Morgan fingerprint density at radius 2 is 1.68 bits per heavy atom. The Balaban J connectivity index is 2.14. The molecule has 0 bridgehead atoms. The van der Waals surface area contributed by atoms with Crippen LogP contribution in [0.5, 0.6) is 11.5 Å². The third-order valence-electron chi connectivity index (χ3n) is 3.02. The number of nitrogens with one attached hydrogen (secondary N) is 1. The van der Waals surface area contributed by atoms with Crippen molar-refractivity contribution in [2.45, 2.75) is 13.5 Å². The van der Waals surface area contributed by atoms with E-state index in [1.54, 1.807) is 14.2 Å². The van der Waals surface area contributed by atoms with Gasteiger partial charge in [-0.3, -0.25) is 0 Å². The van der Waals surface area contributed by atoms with Crippen molar-refractivity contribution in [3.8, 4) is 11.5 Å². The van der Waals surface area contributed by atoms with E-state index < -0.39 is 0 Å². The molecule has 0 aliphatic carbocycles. The molecule has 1 N–H and O–H groups in total. The average molecular weight is 257 g/mol. The Kier molecular flexibility index (Phi) is 4.29. The van der Waals surface area contributed by atoms with Crippen molar-refractivity contribution in [1.29, 1.82) is 0 Å². The molecule has 0 aliphatic heterocycles. The summed E-state index contributed by atoms with van der Waals surface area (Å²) in [4.78, 5) is 0. The van der Waals surface area contributed by atoms with Gasteiger partial charge < -0.3 is 14.8 Å². The Hall–Kier alpha value is -2.16. The molecule has 0 aromatic heterocycles. The second-order valence-corrected chi connectivity index (χ2v) is 4.37. The highest BCUT2D eigenvalue weighted by molar-refractivity contribution is 5.58. The predicted octanol–water partition coefficient (Wildman–Crippen LogP) is 3.62. The fraction of sp³-hybridized carbons (Fsp3) is 0.250. The van der Waals surface area contributed by atoms with Crippen LogP contribution in [0.2, 0.25) is 0 Å². The first-order chi connectivity index (χ1) is 9.24. The second kappa shape index (κ2) is 6.14. The fourth-order valence-electron chi connectivity index (χ4n) is 1.98. The van der Waals surface area contributed by atoms with Gasteiger partial charge >= 0.3 is 0 Å². The molecular weight excluding hydrogens is 238 g/mol. The van der Waals surface area contributed by atoms with Crippen LogP contribution in [0.3, 0.4) is 0 Å². The minimum Gasteiger partial charge on any atom is -0.496 e. The van der Waals surface area contributed by atoms with Gasteiger partial charge in [-0.25, -0.2) is 0 Å². The Morgan fingerprint density at radius 3 is 2.42 bits per heavy atom. The van der Waals surface area contributed by atoms with Crippen LogP contribution in [0.4, 0.5) is 5.69 Å². The molecule has 3 heteroatoms. The monoisotopic (exact) mass is 257 g/mol. The molecular formula is C16H19NO2. The van der Waals surface area contributed by atoms with Crippen LogP contribution in [-0.4, -0.2) is 14.2 Å². The normalized spacial score (nSPS) is 10.1. The van der Waals surface area contributed by atoms with Crippen LogP contribution in [-0.2, 0) is 6.54 Å². The third-order valence-corrected chi connectivity index (χ3v) is 3.02. The molecule has 0 saturated heterocycles. The van der Waals surface area contributed by atoms with E-state index in [4.69, 9.17) is 9.47 Å². The first-order valence-corrected chi connectivity index (χ1v) is 6.25. The van der Waals surface area contributed by atoms with E-state index in [-0.39, 0.29) is 0 Å². The van der Waals surface area contributed by atoms with Gasteiger partial charge in [0.05, 0.1) is 19.9 Å². The standard InChI is InChI=1S/C16H19NO2/c1-12-8-9-14(16(10-12)19-3)17-11-13-6-4-5-7-15(13)18-2/h4-10,17H,11H2,1-3H3. The van der Waals surface area contributed by atoms with Crippen LogP contribution in [0.25, 0.3) is 0 Å². The van der Waals surface area contributed by atoms with Crippen molar-refractivity contribution >= 4 is 5.69 Å². The lowest BCUT2D eigenvalue weighted by Crippen LogP contribution is -2.03. The average Bonchev–Trinajstić information content (AvgIpc) is 2.46. The van der Waals surface area contributed by atoms with Crippen LogP contribution in [0.1, 0.15) is 11.1 Å². The van der Waals surface area contributed by atoms with E-state index in [1.807, 2.05) is 43.3 Å². The van der Waals surface area contributed by atoms with Gasteiger partial charge in [0.1, 0.15) is 11.5 Å². The molecule has 2 rings (SSSR count). The molecule has 0 aliphatic rings. The van der Waals surface area contributed by atoms with Gasteiger partial charge in [0.2, 0.25) is 0 Å². The molecule has 2 aromatic rings. The molecule has 0 radical (unpaired) electrons. The van der Waals surface area contributed by atoms with Gasteiger partial charge in [-0.05, 0) is 30.7 Å². The quantitative estimate of drug-likeness (QED) is 0.887. The largest absolute Gasteiger partial charge is 0.496 e. The summed E-state index contributed by atoms with van der Waals surface area (Å²) in [5.74, 6) is 1.75. The summed E-state index contributed by atoms with van der Waals surface area (Å²) >= 11 is 0. The highest BCUT2D eigenvalue weighted by atomic mass is 16.5. The molecule has 0 saturated carbocycles. The lowest BCUT2D eigenvalue weighted by molar-refractivity contribution is 0.409. The van der Waals surface area contributed by atoms with E-state index in [0.29, 0.717) is 6.54 Å². The molecule has 0 heterocycles. The minimum atomic E-state index is 0.698. The molecule has 0 atom stereocenters. The first kappa shape index (κ1) is 13.3. The Morgan fingerprint density at radius 1 is 0.947 bits per heavy atom. The fourth-order valence-corrected chi connectivity index (χ4v) is 1.98. The molecule has 0 fully saturated rings. The maximum atomic E-state index is 5.38. The molecule has 3 nitrogen and oxygen atoms in total. The number of para-hydroxylation sites is 1. The Labute approximate surface area is 114 Å². The number of benzene rings is 2. The number of hydrogen-bond acceptors (Lipinski definition) is 3. The van der Waals surface area contributed by atoms with Gasteiger partial charge in [0.15, 0.2) is 0 Å². The molecule has 0 unspecified atom stereocenters.